The van der Waals surface area contributed by atoms with E-state index in [-0.39, 0.29) is 30.1 Å². The minimum absolute atomic E-state index is 0.0550. The average Bonchev–Trinajstić information content (AvgIpc) is 3.11. The molecular weight excluding hydrogens is 320 g/mol. The number of hydrogen-bond acceptors (Lipinski definition) is 5. The highest BCUT2D eigenvalue weighted by molar-refractivity contribution is 5.81. The van der Waals surface area contributed by atoms with Crippen LogP contribution < -0.4 is 10.9 Å². The lowest BCUT2D eigenvalue weighted by Crippen LogP contribution is -2.41. The molecule has 8 nitrogen and oxygen atoms in total. The van der Waals surface area contributed by atoms with Crippen molar-refractivity contribution in [2.24, 2.45) is 0 Å². The topological polar surface area (TPSA) is 94.7 Å². The molecule has 0 radical (unpaired) electrons. The average molecular weight is 340 g/mol. The Morgan fingerprint density at radius 1 is 1.28 bits per heavy atom. The van der Waals surface area contributed by atoms with E-state index < -0.39 is 0 Å². The van der Waals surface area contributed by atoms with Crippen LogP contribution in [0.5, 0.6) is 0 Å². The molecule has 25 heavy (non-hydrogen) atoms. The Morgan fingerprint density at radius 2 is 2.08 bits per heavy atom. The molecule has 0 aliphatic rings. The zero-order chi connectivity index (χ0) is 18.0. The van der Waals surface area contributed by atoms with E-state index in [2.05, 4.69) is 20.4 Å². The zero-order valence-corrected chi connectivity index (χ0v) is 14.4. The molecule has 8 heteroatoms. The summed E-state index contributed by atoms with van der Waals surface area (Å²) in [7, 11) is 0. The van der Waals surface area contributed by atoms with Gasteiger partial charge in [0.1, 0.15) is 19.2 Å². The second kappa shape index (κ2) is 6.84. The fraction of sp³-hybridized carbons (Fsp3) is 0.353. The van der Waals surface area contributed by atoms with Crippen LogP contribution in [0.25, 0.3) is 10.9 Å². The van der Waals surface area contributed by atoms with Gasteiger partial charge in [0.05, 0.1) is 23.3 Å². The summed E-state index contributed by atoms with van der Waals surface area (Å²) in [5.74, 6) is -0.254. The maximum atomic E-state index is 12.5. The Hall–Kier alpha value is -3.03. The van der Waals surface area contributed by atoms with Crippen molar-refractivity contribution in [3.8, 4) is 0 Å². The first-order valence-corrected chi connectivity index (χ1v) is 8.05. The number of fused-ring (bicyclic) bond motifs is 1. The number of carbonyl (C=O) groups excluding carboxylic acids is 1. The number of benzene rings is 1. The molecule has 0 bridgehead atoms. The second-order valence-corrected chi connectivity index (χ2v) is 6.12. The summed E-state index contributed by atoms with van der Waals surface area (Å²) in [5.41, 5.74) is 1.37. The maximum absolute atomic E-state index is 12.5. The smallest absolute Gasteiger partial charge is 0.261 e. The van der Waals surface area contributed by atoms with Gasteiger partial charge in [-0.2, -0.15) is 5.10 Å². The van der Waals surface area contributed by atoms with Crippen LogP contribution in [0.3, 0.4) is 0 Å². The third-order valence-electron chi connectivity index (χ3n) is 4.34. The van der Waals surface area contributed by atoms with E-state index in [0.29, 0.717) is 10.9 Å². The molecule has 0 unspecified atom stereocenters. The highest BCUT2D eigenvalue weighted by atomic mass is 16.2. The summed E-state index contributed by atoms with van der Waals surface area (Å²) >= 11 is 0. The SMILES string of the molecule is Cc1cccc2c(=O)n(CC(=O)N[C@H](C)[C@H](C)n3cncn3)cnc12. The quantitative estimate of drug-likeness (QED) is 0.749. The predicted molar refractivity (Wildman–Crippen MR) is 93.1 cm³/mol. The normalized spacial score (nSPS) is 13.6. The van der Waals surface area contributed by atoms with Crippen molar-refractivity contribution in [1.82, 2.24) is 29.6 Å². The van der Waals surface area contributed by atoms with Crippen LogP contribution in [-0.2, 0) is 11.3 Å². The predicted octanol–water partition coefficient (Wildman–Crippen LogP) is 1.06. The lowest BCUT2D eigenvalue weighted by Gasteiger charge is -2.21. The molecule has 3 rings (SSSR count). The van der Waals surface area contributed by atoms with Crippen molar-refractivity contribution in [2.75, 3.05) is 0 Å². The second-order valence-electron chi connectivity index (χ2n) is 6.12. The monoisotopic (exact) mass is 340 g/mol. The van der Waals surface area contributed by atoms with E-state index in [1.54, 1.807) is 17.1 Å². The minimum atomic E-state index is -0.254. The Labute approximate surface area is 144 Å². The lowest BCUT2D eigenvalue weighted by molar-refractivity contribution is -0.122. The zero-order valence-electron chi connectivity index (χ0n) is 14.4. The molecule has 0 saturated heterocycles. The summed E-state index contributed by atoms with van der Waals surface area (Å²) in [6.07, 6.45) is 4.48. The third kappa shape index (κ3) is 3.42. The van der Waals surface area contributed by atoms with E-state index in [1.807, 2.05) is 32.9 Å². The van der Waals surface area contributed by atoms with Crippen molar-refractivity contribution in [3.05, 3.63) is 53.1 Å². The highest BCUT2D eigenvalue weighted by Crippen LogP contribution is 2.11. The molecule has 1 N–H and O–H groups in total. The van der Waals surface area contributed by atoms with Gasteiger partial charge in [-0.25, -0.2) is 14.6 Å². The van der Waals surface area contributed by atoms with Crippen molar-refractivity contribution < 1.29 is 4.79 Å². The number of nitrogens with one attached hydrogen (secondary N) is 1. The molecule has 130 valence electrons. The van der Waals surface area contributed by atoms with Gasteiger partial charge in [0.2, 0.25) is 5.91 Å². The van der Waals surface area contributed by atoms with Gasteiger partial charge in [0.15, 0.2) is 0 Å². The van der Waals surface area contributed by atoms with Gasteiger partial charge in [-0.1, -0.05) is 12.1 Å². The van der Waals surface area contributed by atoms with Crippen molar-refractivity contribution in [3.63, 3.8) is 0 Å². The van der Waals surface area contributed by atoms with Crippen LogP contribution in [0.4, 0.5) is 0 Å². The van der Waals surface area contributed by atoms with Gasteiger partial charge in [0.25, 0.3) is 5.56 Å². The standard InChI is InChI=1S/C17H20N6O2/c1-11-5-4-6-14-16(11)19-10-22(17(14)25)7-15(24)21-12(2)13(3)23-9-18-8-20-23/h4-6,8-10,12-13H,7H2,1-3H3,(H,21,24)/t12-,13+/m1/s1. The van der Waals surface area contributed by atoms with Crippen LogP contribution in [0.1, 0.15) is 25.5 Å². The Morgan fingerprint density at radius 3 is 2.80 bits per heavy atom. The largest absolute Gasteiger partial charge is 0.350 e. The number of aryl methyl sites for hydroxylation is 1. The van der Waals surface area contributed by atoms with E-state index >= 15 is 0 Å². The van der Waals surface area contributed by atoms with Crippen molar-refractivity contribution in [2.45, 2.75) is 39.4 Å². The number of carbonyl (C=O) groups is 1. The molecule has 1 amide bonds. The summed E-state index contributed by atoms with van der Waals surface area (Å²) in [5, 5.41) is 7.48. The Kier molecular flexibility index (Phi) is 4.60. The van der Waals surface area contributed by atoms with Gasteiger partial charge < -0.3 is 5.32 Å². The first-order valence-electron chi connectivity index (χ1n) is 8.05. The number of amides is 1. The Bertz CT molecular complexity index is 947. The van der Waals surface area contributed by atoms with Gasteiger partial charge >= 0.3 is 0 Å². The minimum Gasteiger partial charge on any atom is -0.350 e. The van der Waals surface area contributed by atoms with E-state index in [1.165, 1.54) is 17.2 Å². The number of para-hydroxylation sites is 1. The van der Waals surface area contributed by atoms with Crippen molar-refractivity contribution in [1.29, 1.82) is 0 Å². The summed E-state index contributed by atoms with van der Waals surface area (Å²) in [6, 6.07) is 5.22. The summed E-state index contributed by atoms with van der Waals surface area (Å²) < 4.78 is 3.00. The van der Waals surface area contributed by atoms with Crippen LogP contribution in [0, 0.1) is 6.92 Å². The van der Waals surface area contributed by atoms with Crippen LogP contribution in [0.2, 0.25) is 0 Å². The van der Waals surface area contributed by atoms with E-state index in [4.69, 9.17) is 0 Å². The molecule has 0 aliphatic carbocycles. The van der Waals surface area contributed by atoms with Crippen LogP contribution in [0.15, 0.2) is 42.0 Å². The van der Waals surface area contributed by atoms with E-state index in [0.717, 1.165) is 5.56 Å². The van der Waals surface area contributed by atoms with Gasteiger partial charge in [0, 0.05) is 6.04 Å². The number of nitrogens with zero attached hydrogens (tertiary/aromatic N) is 5. The molecule has 2 heterocycles. The first kappa shape index (κ1) is 16.8. The molecule has 0 spiro atoms. The molecule has 2 atom stereocenters. The first-order chi connectivity index (χ1) is 12.0. The van der Waals surface area contributed by atoms with Gasteiger partial charge in [-0.05, 0) is 32.4 Å². The molecule has 0 aliphatic heterocycles. The molecular formula is C17H20N6O2. The maximum Gasteiger partial charge on any atom is 0.261 e. The highest BCUT2D eigenvalue weighted by Gasteiger charge is 2.17. The van der Waals surface area contributed by atoms with Crippen LogP contribution >= 0.6 is 0 Å². The fourth-order valence-electron chi connectivity index (χ4n) is 2.68. The van der Waals surface area contributed by atoms with Crippen molar-refractivity contribution >= 4 is 16.8 Å². The fourth-order valence-corrected chi connectivity index (χ4v) is 2.68. The summed E-state index contributed by atoms with van der Waals surface area (Å²) in [4.78, 5) is 33.1. The lowest BCUT2D eigenvalue weighted by atomic mass is 10.1. The molecule has 2 aromatic heterocycles. The number of aromatic nitrogens is 5. The third-order valence-corrected chi connectivity index (χ3v) is 4.34. The number of hydrogen-bond donors (Lipinski definition) is 1. The van der Waals surface area contributed by atoms with Crippen LogP contribution in [-0.4, -0.2) is 36.3 Å². The molecule has 0 fully saturated rings. The van der Waals surface area contributed by atoms with E-state index in [9.17, 15) is 9.59 Å². The number of rotatable bonds is 5. The Balaban J connectivity index is 1.74. The molecule has 0 saturated carbocycles. The molecule has 3 aromatic rings. The molecule has 1 aromatic carbocycles. The van der Waals surface area contributed by atoms with Gasteiger partial charge in [-0.3, -0.25) is 14.2 Å². The van der Waals surface area contributed by atoms with Gasteiger partial charge in [-0.15, -0.1) is 0 Å². The summed E-state index contributed by atoms with van der Waals surface area (Å²) in [6.45, 7) is 5.64.